The van der Waals surface area contributed by atoms with Crippen LogP contribution in [0.15, 0.2) is 30.5 Å². The average Bonchev–Trinajstić information content (AvgIpc) is 2.90. The van der Waals surface area contributed by atoms with Crippen molar-refractivity contribution in [2.45, 2.75) is 13.1 Å². The van der Waals surface area contributed by atoms with Crippen LogP contribution in [0.2, 0.25) is 0 Å². The minimum atomic E-state index is -4.73. The number of hydrogen-bond acceptors (Lipinski definition) is 2. The lowest BCUT2D eigenvalue weighted by Gasteiger charge is -2.12. The van der Waals surface area contributed by atoms with E-state index in [4.69, 9.17) is 6.42 Å². The molecular formula is C15H12F3N3O. The van der Waals surface area contributed by atoms with E-state index in [0.717, 1.165) is 11.8 Å². The van der Waals surface area contributed by atoms with Gasteiger partial charge in [0.2, 0.25) is 0 Å². The molecule has 2 aromatic rings. The van der Waals surface area contributed by atoms with Crippen molar-refractivity contribution in [1.82, 2.24) is 15.1 Å². The molecule has 1 N–H and O–H groups in total. The fourth-order valence-corrected chi connectivity index (χ4v) is 1.90. The second kappa shape index (κ2) is 5.93. The Morgan fingerprint density at radius 3 is 2.55 bits per heavy atom. The number of nitrogens with one attached hydrogen (secondary N) is 1. The highest BCUT2D eigenvalue weighted by Gasteiger charge is 2.40. The van der Waals surface area contributed by atoms with Gasteiger partial charge in [0.1, 0.15) is 0 Å². The number of amides is 1. The molecule has 0 spiro atoms. The Morgan fingerprint density at radius 2 is 2.00 bits per heavy atom. The molecule has 0 fully saturated rings. The Balaban J connectivity index is 2.52. The molecule has 0 saturated heterocycles. The molecule has 1 aromatic carbocycles. The monoisotopic (exact) mass is 307 g/mol. The van der Waals surface area contributed by atoms with Gasteiger partial charge < -0.3 is 5.32 Å². The average molecular weight is 307 g/mol. The fourth-order valence-electron chi connectivity index (χ4n) is 1.90. The topological polar surface area (TPSA) is 46.9 Å². The van der Waals surface area contributed by atoms with Crippen LogP contribution in [0.1, 0.15) is 21.6 Å². The summed E-state index contributed by atoms with van der Waals surface area (Å²) in [6, 6.07) is 6.33. The molecule has 0 bridgehead atoms. The Hall–Kier alpha value is -2.75. The summed E-state index contributed by atoms with van der Waals surface area (Å²) in [4.78, 5) is 11.8. The molecule has 2 rings (SSSR count). The third-order valence-electron chi connectivity index (χ3n) is 2.91. The smallest absolute Gasteiger partial charge is 0.341 e. The van der Waals surface area contributed by atoms with Crippen LogP contribution in [0.3, 0.4) is 0 Å². The molecule has 1 heterocycles. The Kier molecular flexibility index (Phi) is 4.22. The first-order chi connectivity index (χ1) is 10.3. The highest BCUT2D eigenvalue weighted by atomic mass is 19.4. The van der Waals surface area contributed by atoms with Crippen molar-refractivity contribution < 1.29 is 18.0 Å². The van der Waals surface area contributed by atoms with Crippen molar-refractivity contribution in [3.05, 3.63) is 47.3 Å². The molecular weight excluding hydrogens is 295 g/mol. The summed E-state index contributed by atoms with van der Waals surface area (Å²) >= 11 is 0. The third-order valence-corrected chi connectivity index (χ3v) is 2.91. The maximum absolute atomic E-state index is 13.3. The van der Waals surface area contributed by atoms with Gasteiger partial charge >= 0.3 is 6.18 Å². The SMILES string of the molecule is C#CCNC(=O)c1cnn(-c2ccc(C)cc2)c1C(F)(F)F. The fraction of sp³-hybridized carbons (Fsp3) is 0.200. The number of aromatic nitrogens is 2. The summed E-state index contributed by atoms with van der Waals surface area (Å²) in [5.41, 5.74) is -0.584. The van der Waals surface area contributed by atoms with Crippen LogP contribution in [0.25, 0.3) is 5.69 Å². The van der Waals surface area contributed by atoms with Gasteiger partial charge in [-0.05, 0) is 19.1 Å². The molecule has 7 heteroatoms. The summed E-state index contributed by atoms with van der Waals surface area (Å²) in [7, 11) is 0. The van der Waals surface area contributed by atoms with Crippen LogP contribution in [0.5, 0.6) is 0 Å². The van der Waals surface area contributed by atoms with Crippen molar-refractivity contribution in [3.8, 4) is 18.0 Å². The first-order valence-electron chi connectivity index (χ1n) is 6.28. The van der Waals surface area contributed by atoms with E-state index in [2.05, 4.69) is 16.3 Å². The van der Waals surface area contributed by atoms with Crippen molar-refractivity contribution >= 4 is 5.91 Å². The highest BCUT2D eigenvalue weighted by Crippen LogP contribution is 2.33. The molecule has 0 saturated carbocycles. The molecule has 0 atom stereocenters. The third kappa shape index (κ3) is 3.11. The second-order valence-electron chi connectivity index (χ2n) is 4.54. The van der Waals surface area contributed by atoms with E-state index in [-0.39, 0.29) is 12.2 Å². The summed E-state index contributed by atoms with van der Waals surface area (Å²) in [6.07, 6.45) is 1.13. The van der Waals surface area contributed by atoms with Crippen molar-refractivity contribution in [2.75, 3.05) is 6.54 Å². The summed E-state index contributed by atoms with van der Waals surface area (Å²) in [6.45, 7) is 1.65. The maximum atomic E-state index is 13.3. The van der Waals surface area contributed by atoms with Gasteiger partial charge in [-0.25, -0.2) is 4.68 Å². The molecule has 0 aliphatic carbocycles. The Labute approximate surface area is 124 Å². The number of benzene rings is 1. The van der Waals surface area contributed by atoms with E-state index in [1.165, 1.54) is 12.1 Å². The van der Waals surface area contributed by atoms with Crippen LogP contribution in [-0.4, -0.2) is 22.2 Å². The van der Waals surface area contributed by atoms with E-state index in [0.29, 0.717) is 4.68 Å². The number of halogens is 3. The van der Waals surface area contributed by atoms with Gasteiger partial charge in [0.15, 0.2) is 5.69 Å². The number of hydrogen-bond donors (Lipinski definition) is 1. The van der Waals surface area contributed by atoms with Crippen LogP contribution in [0, 0.1) is 19.3 Å². The molecule has 0 aliphatic heterocycles. The maximum Gasteiger partial charge on any atom is 0.434 e. The molecule has 114 valence electrons. The number of terminal acetylenes is 1. The second-order valence-corrected chi connectivity index (χ2v) is 4.54. The highest BCUT2D eigenvalue weighted by molar-refractivity contribution is 5.95. The Morgan fingerprint density at radius 1 is 1.36 bits per heavy atom. The first-order valence-corrected chi connectivity index (χ1v) is 6.28. The van der Waals surface area contributed by atoms with Crippen LogP contribution < -0.4 is 5.32 Å². The number of aryl methyl sites for hydroxylation is 1. The molecule has 0 aliphatic rings. The van der Waals surface area contributed by atoms with Crippen molar-refractivity contribution in [3.63, 3.8) is 0 Å². The van der Waals surface area contributed by atoms with Crippen molar-refractivity contribution in [2.24, 2.45) is 0 Å². The number of carbonyl (C=O) groups is 1. The van der Waals surface area contributed by atoms with Crippen LogP contribution >= 0.6 is 0 Å². The van der Waals surface area contributed by atoms with Crippen LogP contribution in [0.4, 0.5) is 13.2 Å². The number of alkyl halides is 3. The summed E-state index contributed by atoms with van der Waals surface area (Å²) in [5.74, 6) is 1.22. The largest absolute Gasteiger partial charge is 0.434 e. The predicted molar refractivity (Wildman–Crippen MR) is 74.5 cm³/mol. The zero-order chi connectivity index (χ0) is 16.3. The van der Waals surface area contributed by atoms with Gasteiger partial charge in [-0.2, -0.15) is 18.3 Å². The number of carbonyl (C=O) groups excluding carboxylic acids is 1. The molecule has 4 nitrogen and oxygen atoms in total. The van der Waals surface area contributed by atoms with Gasteiger partial charge in [0, 0.05) is 0 Å². The van der Waals surface area contributed by atoms with E-state index in [1.807, 2.05) is 6.92 Å². The first kappa shape index (κ1) is 15.6. The number of rotatable bonds is 3. The van der Waals surface area contributed by atoms with E-state index in [9.17, 15) is 18.0 Å². The van der Waals surface area contributed by atoms with Gasteiger partial charge in [0.25, 0.3) is 5.91 Å². The van der Waals surface area contributed by atoms with Gasteiger partial charge in [-0.1, -0.05) is 23.6 Å². The van der Waals surface area contributed by atoms with E-state index < -0.39 is 23.3 Å². The molecule has 22 heavy (non-hydrogen) atoms. The normalized spacial score (nSPS) is 11.0. The molecule has 0 radical (unpaired) electrons. The lowest BCUT2D eigenvalue weighted by molar-refractivity contribution is -0.143. The van der Waals surface area contributed by atoms with Crippen molar-refractivity contribution in [1.29, 1.82) is 0 Å². The zero-order valence-electron chi connectivity index (χ0n) is 11.6. The van der Waals surface area contributed by atoms with E-state index >= 15 is 0 Å². The lowest BCUT2D eigenvalue weighted by Crippen LogP contribution is -2.26. The molecule has 1 amide bonds. The van der Waals surface area contributed by atoms with Crippen LogP contribution in [-0.2, 0) is 6.18 Å². The predicted octanol–water partition coefficient (Wildman–Crippen LogP) is 2.56. The standard InChI is InChI=1S/C15H12F3N3O/c1-3-8-19-14(22)12-9-20-21(13(12)15(16,17)18)11-6-4-10(2)5-7-11/h1,4-7,9H,8H2,2H3,(H,19,22). The van der Waals surface area contributed by atoms with Gasteiger partial charge in [-0.15, -0.1) is 6.42 Å². The molecule has 1 aromatic heterocycles. The summed E-state index contributed by atoms with van der Waals surface area (Å²) < 4.78 is 40.6. The Bertz CT molecular complexity index is 724. The zero-order valence-corrected chi connectivity index (χ0v) is 11.6. The number of nitrogens with zero attached hydrogens (tertiary/aromatic N) is 2. The van der Waals surface area contributed by atoms with Gasteiger partial charge in [-0.3, -0.25) is 4.79 Å². The molecule has 0 unspecified atom stereocenters. The minimum absolute atomic E-state index is 0.161. The lowest BCUT2D eigenvalue weighted by atomic mass is 10.2. The van der Waals surface area contributed by atoms with E-state index in [1.54, 1.807) is 12.1 Å². The van der Waals surface area contributed by atoms with Gasteiger partial charge in [0.05, 0.1) is 24.0 Å². The quantitative estimate of drug-likeness (QED) is 0.886. The minimum Gasteiger partial charge on any atom is -0.341 e. The summed E-state index contributed by atoms with van der Waals surface area (Å²) in [5, 5.41) is 5.90.